The maximum absolute atomic E-state index is 13.6. The van der Waals surface area contributed by atoms with E-state index in [9.17, 15) is 18.0 Å². The summed E-state index contributed by atoms with van der Waals surface area (Å²) in [7, 11) is -3.83. The number of anilines is 1. The highest BCUT2D eigenvalue weighted by Gasteiger charge is 2.33. The van der Waals surface area contributed by atoms with Crippen molar-refractivity contribution < 1.29 is 18.0 Å². The summed E-state index contributed by atoms with van der Waals surface area (Å²) in [4.78, 5) is 28.2. The van der Waals surface area contributed by atoms with Crippen molar-refractivity contribution in [3.63, 3.8) is 0 Å². The molecule has 2 aromatic carbocycles. The van der Waals surface area contributed by atoms with Gasteiger partial charge < -0.3 is 10.2 Å². The first kappa shape index (κ1) is 27.7. The monoisotopic (exact) mass is 507 g/mol. The molecule has 0 saturated heterocycles. The highest BCUT2D eigenvalue weighted by molar-refractivity contribution is 7.92. The second kappa shape index (κ2) is 11.2. The molecule has 0 aliphatic carbocycles. The Morgan fingerprint density at radius 2 is 1.74 bits per heavy atom. The molecule has 0 saturated carbocycles. The summed E-state index contributed by atoms with van der Waals surface area (Å²) < 4.78 is 26.2. The molecule has 0 unspecified atom stereocenters. The number of aryl methyl sites for hydroxylation is 1. The molecular formula is C25H34ClN3O4S. The number of benzene rings is 2. The second-order valence-corrected chi connectivity index (χ2v) is 11.7. The van der Waals surface area contributed by atoms with Crippen molar-refractivity contribution in [3.05, 3.63) is 64.7 Å². The molecule has 0 heterocycles. The number of nitrogens with one attached hydrogen (secondary N) is 1. The van der Waals surface area contributed by atoms with Crippen LogP contribution in [0.25, 0.3) is 0 Å². The molecule has 0 fully saturated rings. The Balaban J connectivity index is 2.48. The van der Waals surface area contributed by atoms with E-state index in [0.717, 1.165) is 21.7 Å². The summed E-state index contributed by atoms with van der Waals surface area (Å²) in [6.45, 7) is 9.06. The van der Waals surface area contributed by atoms with Crippen LogP contribution < -0.4 is 9.62 Å². The number of para-hydroxylation sites is 1. The van der Waals surface area contributed by atoms with E-state index in [-0.39, 0.29) is 23.2 Å². The Labute approximate surface area is 208 Å². The van der Waals surface area contributed by atoms with Crippen LogP contribution in [0, 0.1) is 6.92 Å². The maximum Gasteiger partial charge on any atom is 0.244 e. The Bertz CT molecular complexity index is 1130. The fraction of sp³-hybridized carbons (Fsp3) is 0.440. The predicted octanol–water partition coefficient (Wildman–Crippen LogP) is 4.14. The van der Waals surface area contributed by atoms with E-state index in [1.165, 1.54) is 4.90 Å². The van der Waals surface area contributed by atoms with Crippen LogP contribution in [0.5, 0.6) is 0 Å². The molecule has 0 aliphatic rings. The van der Waals surface area contributed by atoms with Crippen molar-refractivity contribution in [2.75, 3.05) is 17.1 Å². The summed E-state index contributed by atoms with van der Waals surface area (Å²) in [6, 6.07) is 13.3. The van der Waals surface area contributed by atoms with Crippen molar-refractivity contribution in [2.45, 2.75) is 59.2 Å². The molecule has 1 N–H and O–H groups in total. The summed E-state index contributed by atoms with van der Waals surface area (Å²) in [5.74, 6) is -0.789. The SMILES string of the molecule is CC[C@H](C(=O)NC(C)(C)C)N(Cc1cccc(C)c1)C(=O)CN(c1ccccc1Cl)S(C)(=O)=O. The Morgan fingerprint density at radius 1 is 1.09 bits per heavy atom. The van der Waals surface area contributed by atoms with Gasteiger partial charge in [-0.05, 0) is 51.8 Å². The second-order valence-electron chi connectivity index (χ2n) is 9.40. The molecular weight excluding hydrogens is 474 g/mol. The van der Waals surface area contributed by atoms with Gasteiger partial charge in [0.25, 0.3) is 0 Å². The molecule has 7 nitrogen and oxygen atoms in total. The third-order valence-electron chi connectivity index (χ3n) is 5.12. The average Bonchev–Trinajstić information content (AvgIpc) is 2.70. The lowest BCUT2D eigenvalue weighted by atomic mass is 10.0. The van der Waals surface area contributed by atoms with Crippen molar-refractivity contribution in [1.29, 1.82) is 0 Å². The Morgan fingerprint density at radius 3 is 2.26 bits per heavy atom. The first-order chi connectivity index (χ1) is 15.7. The van der Waals surface area contributed by atoms with Crippen molar-refractivity contribution in [3.8, 4) is 0 Å². The largest absolute Gasteiger partial charge is 0.350 e. The van der Waals surface area contributed by atoms with Gasteiger partial charge in [-0.15, -0.1) is 0 Å². The number of hydrogen-bond donors (Lipinski definition) is 1. The number of sulfonamides is 1. The number of rotatable bonds is 9. The predicted molar refractivity (Wildman–Crippen MR) is 137 cm³/mol. The zero-order valence-electron chi connectivity index (χ0n) is 20.6. The minimum Gasteiger partial charge on any atom is -0.350 e. The minimum atomic E-state index is -3.83. The number of halogens is 1. The number of carbonyl (C=O) groups excluding carboxylic acids is 2. The Kier molecular flexibility index (Phi) is 9.14. The standard InChI is InChI=1S/C25H34ClN3O4S/c1-7-21(24(31)27-25(3,4)5)28(16-19-12-10-11-18(2)15-19)23(30)17-29(34(6,32)33)22-14-9-8-13-20(22)26/h8-15,21H,7,16-17H2,1-6H3,(H,27,31)/t21-/m1/s1. The highest BCUT2D eigenvalue weighted by Crippen LogP contribution is 2.27. The molecule has 2 aromatic rings. The Hall–Kier alpha value is -2.58. The highest BCUT2D eigenvalue weighted by atomic mass is 35.5. The van der Waals surface area contributed by atoms with Crippen molar-refractivity contribution in [1.82, 2.24) is 10.2 Å². The van der Waals surface area contributed by atoms with Crippen LogP contribution in [0.3, 0.4) is 0 Å². The first-order valence-corrected chi connectivity index (χ1v) is 13.3. The van der Waals surface area contributed by atoms with Gasteiger partial charge in [0.1, 0.15) is 12.6 Å². The topological polar surface area (TPSA) is 86.8 Å². The van der Waals surface area contributed by atoms with Crippen LogP contribution in [-0.2, 0) is 26.2 Å². The molecule has 9 heteroatoms. The summed E-state index contributed by atoms with van der Waals surface area (Å²) >= 11 is 6.25. The molecule has 0 spiro atoms. The minimum absolute atomic E-state index is 0.163. The fourth-order valence-electron chi connectivity index (χ4n) is 3.63. The molecule has 34 heavy (non-hydrogen) atoms. The van der Waals surface area contributed by atoms with Gasteiger partial charge in [-0.3, -0.25) is 13.9 Å². The lowest BCUT2D eigenvalue weighted by molar-refractivity contribution is -0.141. The summed E-state index contributed by atoms with van der Waals surface area (Å²) in [5.41, 5.74) is 1.59. The third-order valence-corrected chi connectivity index (χ3v) is 6.57. The van der Waals surface area contributed by atoms with Gasteiger partial charge in [0.2, 0.25) is 21.8 Å². The van der Waals surface area contributed by atoms with E-state index >= 15 is 0 Å². The molecule has 0 aliphatic heterocycles. The van der Waals surface area contributed by atoms with E-state index in [4.69, 9.17) is 11.6 Å². The lowest BCUT2D eigenvalue weighted by Gasteiger charge is -2.34. The van der Waals surface area contributed by atoms with E-state index in [1.807, 2.05) is 58.9 Å². The van der Waals surface area contributed by atoms with Gasteiger partial charge in [-0.1, -0.05) is 60.5 Å². The first-order valence-electron chi connectivity index (χ1n) is 11.1. The van der Waals surface area contributed by atoms with E-state index in [0.29, 0.717) is 6.42 Å². The molecule has 2 amide bonds. The van der Waals surface area contributed by atoms with Gasteiger partial charge in [-0.25, -0.2) is 8.42 Å². The zero-order chi connectivity index (χ0) is 25.7. The van der Waals surface area contributed by atoms with Gasteiger partial charge >= 0.3 is 0 Å². The van der Waals surface area contributed by atoms with Crippen molar-refractivity contribution in [2.24, 2.45) is 0 Å². The summed E-state index contributed by atoms with van der Waals surface area (Å²) in [6.07, 6.45) is 1.39. The molecule has 0 aromatic heterocycles. The van der Waals surface area contributed by atoms with Crippen LogP contribution >= 0.6 is 11.6 Å². The van der Waals surface area contributed by atoms with E-state index in [2.05, 4.69) is 5.32 Å². The molecule has 2 rings (SSSR count). The van der Waals surface area contributed by atoms with Crippen LogP contribution in [-0.4, -0.2) is 49.5 Å². The van der Waals surface area contributed by atoms with Crippen molar-refractivity contribution >= 4 is 39.1 Å². The zero-order valence-corrected chi connectivity index (χ0v) is 22.2. The molecule has 0 bridgehead atoms. The quantitative estimate of drug-likeness (QED) is 0.552. The van der Waals surface area contributed by atoms with Gasteiger partial charge in [0.15, 0.2) is 0 Å². The lowest BCUT2D eigenvalue weighted by Crippen LogP contribution is -2.55. The van der Waals surface area contributed by atoms with Gasteiger partial charge in [-0.2, -0.15) is 0 Å². The maximum atomic E-state index is 13.6. The molecule has 0 radical (unpaired) electrons. The van der Waals surface area contributed by atoms with Gasteiger partial charge in [0, 0.05) is 12.1 Å². The number of carbonyl (C=O) groups is 2. The van der Waals surface area contributed by atoms with Crippen LogP contribution in [0.15, 0.2) is 48.5 Å². The molecule has 1 atom stereocenters. The third kappa shape index (κ3) is 7.74. The fourth-order valence-corrected chi connectivity index (χ4v) is 4.78. The smallest absolute Gasteiger partial charge is 0.244 e. The normalized spacial score (nSPS) is 12.7. The number of nitrogens with zero attached hydrogens (tertiary/aromatic N) is 2. The van der Waals surface area contributed by atoms with E-state index in [1.54, 1.807) is 24.3 Å². The van der Waals surface area contributed by atoms with Gasteiger partial charge in [0.05, 0.1) is 17.0 Å². The average molecular weight is 508 g/mol. The number of hydrogen-bond acceptors (Lipinski definition) is 4. The van der Waals surface area contributed by atoms with Crippen LogP contribution in [0.2, 0.25) is 5.02 Å². The van der Waals surface area contributed by atoms with E-state index < -0.39 is 34.1 Å². The molecule has 186 valence electrons. The summed E-state index contributed by atoms with van der Waals surface area (Å²) in [5, 5.41) is 3.15. The van der Waals surface area contributed by atoms with Crippen LogP contribution in [0.4, 0.5) is 5.69 Å². The van der Waals surface area contributed by atoms with Crippen LogP contribution in [0.1, 0.15) is 45.2 Å². The number of amides is 2.